The second kappa shape index (κ2) is 5.41. The van der Waals surface area contributed by atoms with Gasteiger partial charge in [0.05, 0.1) is 11.3 Å². The highest BCUT2D eigenvalue weighted by molar-refractivity contribution is 9.10. The number of nitrogens with zero attached hydrogens (tertiary/aromatic N) is 1. The summed E-state index contributed by atoms with van der Waals surface area (Å²) in [6, 6.07) is 3.42. The van der Waals surface area contributed by atoms with Gasteiger partial charge in [0.25, 0.3) is 5.91 Å². The third kappa shape index (κ3) is 2.64. The van der Waals surface area contributed by atoms with Gasteiger partial charge in [-0.15, -0.1) is 11.3 Å². The van der Waals surface area contributed by atoms with Crippen LogP contribution in [-0.2, 0) is 0 Å². The Labute approximate surface area is 128 Å². The van der Waals surface area contributed by atoms with E-state index in [4.69, 9.17) is 9.47 Å². The van der Waals surface area contributed by atoms with Gasteiger partial charge in [-0.25, -0.2) is 4.98 Å². The number of hydrogen-bond acceptors (Lipinski definition) is 5. The van der Waals surface area contributed by atoms with Crippen LogP contribution in [0.5, 0.6) is 11.5 Å². The summed E-state index contributed by atoms with van der Waals surface area (Å²) in [5.74, 6) is 0.993. The number of halogens is 1. The van der Waals surface area contributed by atoms with Gasteiger partial charge in [-0.2, -0.15) is 0 Å². The first kappa shape index (κ1) is 13.4. The number of aryl methyl sites for hydroxylation is 1. The number of anilines is 1. The van der Waals surface area contributed by atoms with Crippen LogP contribution in [0.25, 0.3) is 0 Å². The van der Waals surface area contributed by atoms with Gasteiger partial charge < -0.3 is 9.47 Å². The van der Waals surface area contributed by atoms with E-state index in [1.807, 2.05) is 12.3 Å². The predicted octanol–water partition coefficient (Wildman–Crippen LogP) is 3.24. The number of rotatable bonds is 2. The second-order valence-corrected chi connectivity index (χ2v) is 5.94. The van der Waals surface area contributed by atoms with Crippen molar-refractivity contribution in [2.45, 2.75) is 6.92 Å². The van der Waals surface area contributed by atoms with Crippen molar-refractivity contribution in [1.29, 1.82) is 0 Å². The molecule has 20 heavy (non-hydrogen) atoms. The molecule has 0 aliphatic carbocycles. The maximum atomic E-state index is 12.3. The topological polar surface area (TPSA) is 60.5 Å². The van der Waals surface area contributed by atoms with E-state index in [0.29, 0.717) is 39.9 Å². The average Bonchev–Trinajstić information content (AvgIpc) is 2.83. The van der Waals surface area contributed by atoms with Gasteiger partial charge in [-0.1, -0.05) is 0 Å². The first-order valence-corrected chi connectivity index (χ1v) is 7.63. The van der Waals surface area contributed by atoms with E-state index in [2.05, 4.69) is 26.2 Å². The Hall–Kier alpha value is -1.60. The van der Waals surface area contributed by atoms with E-state index in [-0.39, 0.29) is 5.91 Å². The van der Waals surface area contributed by atoms with Crippen LogP contribution in [-0.4, -0.2) is 24.1 Å². The minimum Gasteiger partial charge on any atom is -0.486 e. The van der Waals surface area contributed by atoms with Crippen LogP contribution in [0.4, 0.5) is 5.13 Å². The highest BCUT2D eigenvalue weighted by atomic mass is 79.9. The molecular weight excluding hydrogens is 344 g/mol. The highest BCUT2D eigenvalue weighted by Gasteiger charge is 2.19. The molecule has 0 radical (unpaired) electrons. The Kier molecular flexibility index (Phi) is 3.62. The zero-order valence-corrected chi connectivity index (χ0v) is 13.0. The summed E-state index contributed by atoms with van der Waals surface area (Å²) < 4.78 is 11.6. The van der Waals surface area contributed by atoms with E-state index in [1.54, 1.807) is 12.1 Å². The highest BCUT2D eigenvalue weighted by Crippen LogP contribution is 2.35. The number of carbonyl (C=O) groups is 1. The summed E-state index contributed by atoms with van der Waals surface area (Å²) in [7, 11) is 0. The molecule has 0 spiro atoms. The SMILES string of the molecule is Cc1csc(NC(=O)c2cc3c(cc2Br)OCCO3)n1. The number of amides is 1. The summed E-state index contributed by atoms with van der Waals surface area (Å²) in [5.41, 5.74) is 1.37. The van der Waals surface area contributed by atoms with Crippen molar-refractivity contribution < 1.29 is 14.3 Å². The largest absolute Gasteiger partial charge is 0.486 e. The van der Waals surface area contributed by atoms with Gasteiger partial charge in [0.2, 0.25) is 0 Å². The third-order valence-electron chi connectivity index (χ3n) is 2.72. The molecule has 1 N–H and O–H groups in total. The predicted molar refractivity (Wildman–Crippen MR) is 79.9 cm³/mol. The summed E-state index contributed by atoms with van der Waals surface area (Å²) >= 11 is 4.77. The van der Waals surface area contributed by atoms with Crippen LogP contribution in [0.3, 0.4) is 0 Å². The van der Waals surface area contributed by atoms with Crippen LogP contribution in [0, 0.1) is 6.92 Å². The van der Waals surface area contributed by atoms with E-state index in [9.17, 15) is 4.79 Å². The molecule has 104 valence electrons. The third-order valence-corrected chi connectivity index (χ3v) is 4.25. The molecule has 2 aromatic rings. The van der Waals surface area contributed by atoms with Crippen LogP contribution < -0.4 is 14.8 Å². The molecule has 0 unspecified atom stereocenters. The second-order valence-electron chi connectivity index (χ2n) is 4.22. The van der Waals surface area contributed by atoms with Crippen LogP contribution in [0.15, 0.2) is 22.0 Å². The van der Waals surface area contributed by atoms with Crippen molar-refractivity contribution >= 4 is 38.3 Å². The number of thiazole rings is 1. The van der Waals surface area contributed by atoms with Crippen molar-refractivity contribution in [3.05, 3.63) is 33.2 Å². The minimum atomic E-state index is -0.233. The Morgan fingerprint density at radius 2 is 2.05 bits per heavy atom. The zero-order chi connectivity index (χ0) is 14.1. The number of nitrogens with one attached hydrogen (secondary N) is 1. The van der Waals surface area contributed by atoms with Gasteiger partial charge in [-0.05, 0) is 35.0 Å². The molecule has 2 heterocycles. The quantitative estimate of drug-likeness (QED) is 0.899. The summed E-state index contributed by atoms with van der Waals surface area (Å²) in [4.78, 5) is 16.5. The molecule has 3 rings (SSSR count). The Morgan fingerprint density at radius 3 is 2.70 bits per heavy atom. The number of carbonyl (C=O) groups excluding carboxylic acids is 1. The molecule has 1 aromatic carbocycles. The zero-order valence-electron chi connectivity index (χ0n) is 10.6. The smallest absolute Gasteiger partial charge is 0.258 e. The molecule has 7 heteroatoms. The molecular formula is C13H11BrN2O3S. The fourth-order valence-electron chi connectivity index (χ4n) is 1.81. The van der Waals surface area contributed by atoms with Gasteiger partial charge >= 0.3 is 0 Å². The molecule has 5 nitrogen and oxygen atoms in total. The maximum absolute atomic E-state index is 12.3. The number of hydrogen-bond donors (Lipinski definition) is 1. The minimum absolute atomic E-state index is 0.233. The Balaban J connectivity index is 1.87. The van der Waals surface area contributed by atoms with Crippen molar-refractivity contribution in [1.82, 2.24) is 4.98 Å². The summed E-state index contributed by atoms with van der Waals surface area (Å²) in [6.07, 6.45) is 0. The van der Waals surface area contributed by atoms with Gasteiger partial charge in [0.15, 0.2) is 16.6 Å². The number of fused-ring (bicyclic) bond motifs is 1. The van der Waals surface area contributed by atoms with E-state index >= 15 is 0 Å². The first-order valence-electron chi connectivity index (χ1n) is 5.96. The Bertz CT molecular complexity index is 672. The van der Waals surface area contributed by atoms with Crippen LogP contribution in [0.2, 0.25) is 0 Å². The number of ether oxygens (including phenoxy) is 2. The van der Waals surface area contributed by atoms with Crippen LogP contribution >= 0.6 is 27.3 Å². The summed E-state index contributed by atoms with van der Waals surface area (Å²) in [6.45, 7) is 2.89. The normalized spacial score (nSPS) is 13.1. The fraction of sp³-hybridized carbons (Fsp3) is 0.231. The van der Waals surface area contributed by atoms with Crippen molar-refractivity contribution in [2.24, 2.45) is 0 Å². The van der Waals surface area contributed by atoms with E-state index < -0.39 is 0 Å². The lowest BCUT2D eigenvalue weighted by Gasteiger charge is -2.19. The molecule has 0 saturated carbocycles. The van der Waals surface area contributed by atoms with Crippen molar-refractivity contribution in [3.8, 4) is 11.5 Å². The molecule has 0 saturated heterocycles. The number of aromatic nitrogens is 1. The lowest BCUT2D eigenvalue weighted by atomic mass is 10.2. The first-order chi connectivity index (χ1) is 9.63. The monoisotopic (exact) mass is 354 g/mol. The standard InChI is InChI=1S/C13H11BrN2O3S/c1-7-6-20-13(15-7)16-12(17)8-4-10-11(5-9(8)14)19-3-2-18-10/h4-6H,2-3H2,1H3,(H,15,16,17). The molecule has 0 bridgehead atoms. The van der Waals surface area contributed by atoms with Gasteiger partial charge in [-0.3, -0.25) is 10.1 Å². The molecule has 0 fully saturated rings. The van der Waals surface area contributed by atoms with Crippen molar-refractivity contribution in [2.75, 3.05) is 18.5 Å². The van der Waals surface area contributed by atoms with E-state index in [0.717, 1.165) is 5.69 Å². The average molecular weight is 355 g/mol. The van der Waals surface area contributed by atoms with E-state index in [1.165, 1.54) is 11.3 Å². The number of benzene rings is 1. The molecule has 1 amide bonds. The molecule has 1 aliphatic heterocycles. The fourth-order valence-corrected chi connectivity index (χ4v) is 3.00. The summed E-state index contributed by atoms with van der Waals surface area (Å²) in [5, 5.41) is 5.23. The van der Waals surface area contributed by atoms with Crippen molar-refractivity contribution in [3.63, 3.8) is 0 Å². The maximum Gasteiger partial charge on any atom is 0.258 e. The van der Waals surface area contributed by atoms with Gasteiger partial charge in [0, 0.05) is 9.85 Å². The van der Waals surface area contributed by atoms with Gasteiger partial charge in [0.1, 0.15) is 13.2 Å². The molecule has 1 aliphatic rings. The van der Waals surface area contributed by atoms with Crippen LogP contribution in [0.1, 0.15) is 16.1 Å². The molecule has 0 atom stereocenters. The lowest BCUT2D eigenvalue weighted by Crippen LogP contribution is -2.17. The molecule has 1 aromatic heterocycles. The Morgan fingerprint density at radius 1 is 1.35 bits per heavy atom. The lowest BCUT2D eigenvalue weighted by molar-refractivity contribution is 0.102.